The van der Waals surface area contributed by atoms with Crippen molar-refractivity contribution < 1.29 is 28.6 Å². The van der Waals surface area contributed by atoms with E-state index < -0.39 is 6.10 Å². The molecule has 0 saturated heterocycles. The van der Waals surface area contributed by atoms with Gasteiger partial charge in [-0.3, -0.25) is 14.4 Å². The highest BCUT2D eigenvalue weighted by Gasteiger charge is 2.19. The molecule has 0 N–H and O–H groups in total. The van der Waals surface area contributed by atoms with E-state index in [9.17, 15) is 14.4 Å². The van der Waals surface area contributed by atoms with Crippen LogP contribution in [0.15, 0.2) is 24.3 Å². The Hall–Kier alpha value is -2.11. The molecule has 6 heteroatoms. The van der Waals surface area contributed by atoms with Gasteiger partial charge in [0, 0.05) is 19.3 Å². The van der Waals surface area contributed by atoms with E-state index in [-0.39, 0.29) is 31.1 Å². The van der Waals surface area contributed by atoms with Crippen molar-refractivity contribution in [1.82, 2.24) is 0 Å². The van der Waals surface area contributed by atoms with E-state index in [2.05, 4.69) is 45.1 Å². The van der Waals surface area contributed by atoms with Crippen LogP contribution in [0, 0.1) is 0 Å². The Kier molecular flexibility index (Phi) is 47.8. The third-order valence-corrected chi connectivity index (χ3v) is 11.7. The summed E-state index contributed by atoms with van der Waals surface area (Å²) in [6.07, 6.45) is 56.0. The molecule has 0 aliphatic carbocycles. The van der Waals surface area contributed by atoms with E-state index in [1.165, 1.54) is 154 Å². The summed E-state index contributed by atoms with van der Waals surface area (Å²) < 4.78 is 16.8. The number of ether oxygens (including phenoxy) is 3. The second-order valence-corrected chi connectivity index (χ2v) is 17.8. The number of hydrogen-bond donors (Lipinski definition) is 0. The van der Waals surface area contributed by atoms with Crippen molar-refractivity contribution in [2.75, 3.05) is 13.2 Å². The lowest BCUT2D eigenvalue weighted by Crippen LogP contribution is -2.30. The van der Waals surface area contributed by atoms with Gasteiger partial charge in [0.15, 0.2) is 6.10 Å². The van der Waals surface area contributed by atoms with Crippen LogP contribution in [0.2, 0.25) is 0 Å². The molecule has 0 fully saturated rings. The lowest BCUT2D eigenvalue weighted by Gasteiger charge is -2.18. The molecule has 0 spiro atoms. The summed E-state index contributed by atoms with van der Waals surface area (Å²) in [7, 11) is 0. The second kappa shape index (κ2) is 49.5. The smallest absolute Gasteiger partial charge is 0.306 e. The zero-order valence-electron chi connectivity index (χ0n) is 40.2. The molecule has 60 heavy (non-hydrogen) atoms. The summed E-state index contributed by atoms with van der Waals surface area (Å²) in [5, 5.41) is 0. The highest BCUT2D eigenvalue weighted by Crippen LogP contribution is 2.16. The van der Waals surface area contributed by atoms with Crippen molar-refractivity contribution in [2.45, 2.75) is 290 Å². The van der Waals surface area contributed by atoms with Crippen molar-refractivity contribution in [3.63, 3.8) is 0 Å². The largest absolute Gasteiger partial charge is 0.462 e. The summed E-state index contributed by atoms with van der Waals surface area (Å²) in [5.41, 5.74) is 0. The molecule has 0 aliphatic rings. The zero-order chi connectivity index (χ0) is 43.7. The van der Waals surface area contributed by atoms with Gasteiger partial charge in [-0.15, -0.1) is 0 Å². The van der Waals surface area contributed by atoms with Crippen LogP contribution in [-0.2, 0) is 28.6 Å². The Balaban J connectivity index is 4.26. The predicted molar refractivity (Wildman–Crippen MR) is 256 cm³/mol. The maximum atomic E-state index is 12.8. The molecule has 352 valence electrons. The van der Waals surface area contributed by atoms with E-state index in [4.69, 9.17) is 14.2 Å². The molecule has 0 radical (unpaired) electrons. The molecular weight excluding hydrogens is 745 g/mol. The van der Waals surface area contributed by atoms with Crippen LogP contribution in [0.25, 0.3) is 0 Å². The minimum atomic E-state index is -0.771. The van der Waals surface area contributed by atoms with E-state index in [1.807, 2.05) is 0 Å². The maximum Gasteiger partial charge on any atom is 0.306 e. The van der Waals surface area contributed by atoms with Crippen LogP contribution >= 0.6 is 0 Å². The van der Waals surface area contributed by atoms with Crippen molar-refractivity contribution in [2.24, 2.45) is 0 Å². The molecule has 0 aromatic carbocycles. The Morgan fingerprint density at radius 1 is 0.350 bits per heavy atom. The zero-order valence-corrected chi connectivity index (χ0v) is 40.2. The third kappa shape index (κ3) is 46.9. The number of allylic oxidation sites excluding steroid dienone is 4. The first-order valence-electron chi connectivity index (χ1n) is 26.3. The van der Waals surface area contributed by atoms with Gasteiger partial charge in [-0.1, -0.05) is 244 Å². The first-order chi connectivity index (χ1) is 29.5. The summed E-state index contributed by atoms with van der Waals surface area (Å²) in [6.45, 7) is 6.54. The normalized spacial score (nSPS) is 12.1. The van der Waals surface area contributed by atoms with E-state index in [0.29, 0.717) is 19.3 Å². The molecule has 1 unspecified atom stereocenters. The topological polar surface area (TPSA) is 78.9 Å². The van der Waals surface area contributed by atoms with Crippen molar-refractivity contribution in [1.29, 1.82) is 0 Å². The third-order valence-electron chi connectivity index (χ3n) is 11.7. The quantitative estimate of drug-likeness (QED) is 0.0263. The number of carbonyl (C=O) groups excluding carboxylic acids is 3. The Labute approximate surface area is 373 Å². The Morgan fingerprint density at radius 3 is 1.00 bits per heavy atom. The highest BCUT2D eigenvalue weighted by atomic mass is 16.6. The van der Waals surface area contributed by atoms with Gasteiger partial charge in [-0.25, -0.2) is 0 Å². The van der Waals surface area contributed by atoms with Gasteiger partial charge < -0.3 is 14.2 Å². The van der Waals surface area contributed by atoms with Gasteiger partial charge >= 0.3 is 17.9 Å². The molecule has 1 atom stereocenters. The molecule has 0 amide bonds. The molecule has 0 bridgehead atoms. The van der Waals surface area contributed by atoms with Gasteiger partial charge in [0.1, 0.15) is 13.2 Å². The number of carbonyl (C=O) groups is 3. The second-order valence-electron chi connectivity index (χ2n) is 17.8. The van der Waals surface area contributed by atoms with Crippen molar-refractivity contribution in [3.05, 3.63) is 24.3 Å². The van der Waals surface area contributed by atoms with Gasteiger partial charge in [0.25, 0.3) is 0 Å². The Bertz CT molecular complexity index is 973. The molecule has 0 aromatic rings. The monoisotopic (exact) mass is 845 g/mol. The van der Waals surface area contributed by atoms with Gasteiger partial charge in [-0.05, 0) is 44.9 Å². The number of esters is 3. The lowest BCUT2D eigenvalue weighted by molar-refractivity contribution is -0.167. The average molecular weight is 845 g/mol. The fraction of sp³-hybridized carbons (Fsp3) is 0.870. The van der Waals surface area contributed by atoms with Crippen LogP contribution < -0.4 is 0 Å². The first-order valence-corrected chi connectivity index (χ1v) is 26.3. The van der Waals surface area contributed by atoms with Crippen molar-refractivity contribution in [3.8, 4) is 0 Å². The molecule has 0 aliphatic heterocycles. The van der Waals surface area contributed by atoms with E-state index in [0.717, 1.165) is 89.9 Å². The lowest BCUT2D eigenvalue weighted by atomic mass is 10.0. The number of rotatable bonds is 48. The summed E-state index contributed by atoms with van der Waals surface area (Å²) in [4.78, 5) is 37.9. The SMILES string of the molecule is CC/C=C\C/C=C\CCCCCCCC(=O)OC(COC(=O)CCCCCCCCCCCCC)COC(=O)CCCCCCCCCCCCCCCCCCCCC. The fourth-order valence-corrected chi connectivity index (χ4v) is 7.78. The molecule has 0 rings (SSSR count). The van der Waals surface area contributed by atoms with Crippen LogP contribution in [-0.4, -0.2) is 37.2 Å². The van der Waals surface area contributed by atoms with E-state index in [1.54, 1.807) is 0 Å². The molecular formula is C54H100O6. The molecule has 0 heterocycles. The molecule has 0 aromatic heterocycles. The minimum Gasteiger partial charge on any atom is -0.462 e. The first kappa shape index (κ1) is 57.9. The van der Waals surface area contributed by atoms with Crippen LogP contribution in [0.1, 0.15) is 284 Å². The molecule has 6 nitrogen and oxygen atoms in total. The van der Waals surface area contributed by atoms with E-state index >= 15 is 0 Å². The van der Waals surface area contributed by atoms with Crippen LogP contribution in [0.3, 0.4) is 0 Å². The summed E-state index contributed by atoms with van der Waals surface area (Å²) in [6, 6.07) is 0. The number of unbranched alkanes of at least 4 members (excludes halogenated alkanes) is 33. The fourth-order valence-electron chi connectivity index (χ4n) is 7.78. The average Bonchev–Trinajstić information content (AvgIpc) is 3.24. The van der Waals surface area contributed by atoms with Crippen molar-refractivity contribution >= 4 is 17.9 Å². The number of hydrogen-bond acceptors (Lipinski definition) is 6. The van der Waals surface area contributed by atoms with Crippen LogP contribution in [0.5, 0.6) is 0 Å². The van der Waals surface area contributed by atoms with Crippen LogP contribution in [0.4, 0.5) is 0 Å². The Morgan fingerprint density at radius 2 is 0.650 bits per heavy atom. The summed E-state index contributed by atoms with van der Waals surface area (Å²) in [5.74, 6) is -0.874. The minimum absolute atomic E-state index is 0.0722. The predicted octanol–water partition coefficient (Wildman–Crippen LogP) is 17.2. The van der Waals surface area contributed by atoms with Gasteiger partial charge in [-0.2, -0.15) is 0 Å². The maximum absolute atomic E-state index is 12.8. The summed E-state index contributed by atoms with van der Waals surface area (Å²) >= 11 is 0. The van der Waals surface area contributed by atoms with Gasteiger partial charge in [0.05, 0.1) is 0 Å². The standard InChI is InChI=1S/C54H100O6/c1-4-7-10-13-16-19-22-24-25-26-27-28-29-30-33-35-38-41-44-47-53(56)59-50-51(49-58-52(55)46-43-40-37-34-31-21-18-15-12-9-6-3)60-54(57)48-45-42-39-36-32-23-20-17-14-11-8-5-2/h8,11,17,20,51H,4-7,9-10,12-16,18-19,21-50H2,1-3H3/b11-8-,20-17-. The molecule has 0 saturated carbocycles. The highest BCUT2D eigenvalue weighted by molar-refractivity contribution is 5.71. The van der Waals surface area contributed by atoms with Gasteiger partial charge in [0.2, 0.25) is 0 Å².